The molecule has 0 unspecified atom stereocenters. The highest BCUT2D eigenvalue weighted by atomic mass is 32.2. The van der Waals surface area contributed by atoms with E-state index >= 15 is 0 Å². The molecule has 0 radical (unpaired) electrons. The smallest absolute Gasteiger partial charge is 0.260 e. The van der Waals surface area contributed by atoms with E-state index in [4.69, 9.17) is 0 Å². The van der Waals surface area contributed by atoms with Crippen molar-refractivity contribution >= 4 is 27.0 Å². The Morgan fingerprint density at radius 2 is 2.16 bits per heavy atom. The van der Waals surface area contributed by atoms with E-state index in [9.17, 15) is 8.42 Å². The third-order valence-corrected chi connectivity index (χ3v) is 4.65. The van der Waals surface area contributed by atoms with Crippen molar-refractivity contribution in [2.75, 3.05) is 12.4 Å². The number of rotatable bonds is 5. The summed E-state index contributed by atoms with van der Waals surface area (Å²) in [6.45, 7) is 2.09. The van der Waals surface area contributed by atoms with Crippen molar-refractivity contribution in [1.82, 2.24) is 14.7 Å². The highest BCUT2D eigenvalue weighted by Crippen LogP contribution is 2.18. The molecule has 102 valence electrons. The first-order valence-corrected chi connectivity index (χ1v) is 7.86. The lowest BCUT2D eigenvalue weighted by atomic mass is 10.4. The summed E-state index contributed by atoms with van der Waals surface area (Å²) < 4.78 is 26.8. The highest BCUT2D eigenvalue weighted by molar-refractivity contribution is 7.89. The van der Waals surface area contributed by atoms with Crippen LogP contribution in [0.5, 0.6) is 0 Å². The lowest BCUT2D eigenvalue weighted by Crippen LogP contribution is -2.25. The molecule has 2 aromatic heterocycles. The summed E-state index contributed by atoms with van der Waals surface area (Å²) in [5, 5.41) is 3.53. The molecule has 0 amide bonds. The summed E-state index contributed by atoms with van der Waals surface area (Å²) in [5.74, 6) is 0. The summed E-state index contributed by atoms with van der Waals surface area (Å²) in [4.78, 5) is 9.06. The largest absolute Gasteiger partial charge is 0.386 e. The van der Waals surface area contributed by atoms with Crippen molar-refractivity contribution in [3.8, 4) is 0 Å². The van der Waals surface area contributed by atoms with Crippen molar-refractivity contribution in [3.63, 3.8) is 0 Å². The van der Waals surface area contributed by atoms with E-state index < -0.39 is 10.0 Å². The van der Waals surface area contributed by atoms with Gasteiger partial charge in [-0.2, -0.15) is 0 Å². The van der Waals surface area contributed by atoms with Crippen molar-refractivity contribution < 1.29 is 8.42 Å². The van der Waals surface area contributed by atoms with Gasteiger partial charge in [0, 0.05) is 24.3 Å². The summed E-state index contributed by atoms with van der Waals surface area (Å²) >= 11 is 1.46. The van der Waals surface area contributed by atoms with Crippen molar-refractivity contribution in [3.05, 3.63) is 34.4 Å². The Labute approximate surface area is 116 Å². The van der Waals surface area contributed by atoms with Crippen LogP contribution in [0.4, 0.5) is 5.69 Å². The van der Waals surface area contributed by atoms with Crippen LogP contribution in [0.25, 0.3) is 0 Å². The van der Waals surface area contributed by atoms with E-state index in [0.29, 0.717) is 5.69 Å². The number of thiazole rings is 1. The zero-order valence-corrected chi connectivity index (χ0v) is 12.2. The Balaban J connectivity index is 2.18. The summed E-state index contributed by atoms with van der Waals surface area (Å²) in [7, 11) is -2.00. The van der Waals surface area contributed by atoms with Gasteiger partial charge in [0.1, 0.15) is 5.01 Å². The van der Waals surface area contributed by atoms with Crippen LogP contribution in [-0.2, 0) is 16.6 Å². The SMILES string of the molecule is CNc1cccnc1S(=O)(=O)NCc1ncc(C)s1. The molecule has 8 heteroatoms. The van der Waals surface area contributed by atoms with Gasteiger partial charge in [0.2, 0.25) is 0 Å². The van der Waals surface area contributed by atoms with E-state index in [1.54, 1.807) is 25.4 Å². The number of nitrogens with one attached hydrogen (secondary N) is 2. The van der Waals surface area contributed by atoms with Gasteiger partial charge in [-0.25, -0.2) is 23.1 Å². The maximum absolute atomic E-state index is 12.2. The van der Waals surface area contributed by atoms with Crippen LogP contribution in [0.1, 0.15) is 9.88 Å². The van der Waals surface area contributed by atoms with E-state index in [1.165, 1.54) is 17.5 Å². The van der Waals surface area contributed by atoms with Crippen LogP contribution in [0.15, 0.2) is 29.6 Å². The van der Waals surface area contributed by atoms with Gasteiger partial charge < -0.3 is 5.32 Å². The Hall–Kier alpha value is -1.51. The predicted octanol–water partition coefficient (Wildman–Crippen LogP) is 1.37. The van der Waals surface area contributed by atoms with Gasteiger partial charge in [-0.15, -0.1) is 11.3 Å². The van der Waals surface area contributed by atoms with Crippen molar-refractivity contribution in [1.29, 1.82) is 0 Å². The molecule has 0 aromatic carbocycles. The van der Waals surface area contributed by atoms with E-state index in [0.717, 1.165) is 9.88 Å². The topological polar surface area (TPSA) is 84.0 Å². The Morgan fingerprint density at radius 3 is 2.79 bits per heavy atom. The first-order chi connectivity index (χ1) is 9.03. The minimum Gasteiger partial charge on any atom is -0.386 e. The standard InChI is InChI=1S/C11H14N4O2S2/c1-8-6-14-10(18-8)7-15-19(16,17)11-9(12-2)4-3-5-13-11/h3-6,12,15H,7H2,1-2H3. The maximum Gasteiger partial charge on any atom is 0.260 e. The second kappa shape index (κ2) is 5.64. The van der Waals surface area contributed by atoms with Gasteiger partial charge in [0.05, 0.1) is 12.2 Å². The Kier molecular flexibility index (Phi) is 4.13. The molecule has 2 N–H and O–H groups in total. The van der Waals surface area contributed by atoms with Crippen LogP contribution < -0.4 is 10.0 Å². The molecule has 0 saturated carbocycles. The first-order valence-electron chi connectivity index (χ1n) is 5.56. The quantitative estimate of drug-likeness (QED) is 0.871. The third-order valence-electron chi connectivity index (χ3n) is 2.38. The Morgan fingerprint density at radius 1 is 1.37 bits per heavy atom. The number of anilines is 1. The lowest BCUT2D eigenvalue weighted by molar-refractivity contribution is 0.577. The van der Waals surface area contributed by atoms with Crippen LogP contribution in [-0.4, -0.2) is 25.4 Å². The molecule has 2 heterocycles. The number of aromatic nitrogens is 2. The number of hydrogen-bond donors (Lipinski definition) is 2. The molecule has 0 aliphatic carbocycles. The highest BCUT2D eigenvalue weighted by Gasteiger charge is 2.19. The van der Waals surface area contributed by atoms with Crippen molar-refractivity contribution in [2.45, 2.75) is 18.5 Å². The van der Waals surface area contributed by atoms with Crippen molar-refractivity contribution in [2.24, 2.45) is 0 Å². The second-order valence-electron chi connectivity index (χ2n) is 3.80. The monoisotopic (exact) mass is 298 g/mol. The summed E-state index contributed by atoms with van der Waals surface area (Å²) in [5.41, 5.74) is 0.463. The fourth-order valence-corrected chi connectivity index (χ4v) is 3.44. The van der Waals surface area contributed by atoms with Crippen LogP contribution in [0, 0.1) is 6.92 Å². The maximum atomic E-state index is 12.2. The number of hydrogen-bond acceptors (Lipinski definition) is 6. The molecular weight excluding hydrogens is 284 g/mol. The number of nitrogens with zero attached hydrogens (tertiary/aromatic N) is 2. The summed E-state index contributed by atoms with van der Waals surface area (Å²) in [6, 6.07) is 3.34. The van der Waals surface area contributed by atoms with E-state index in [1.807, 2.05) is 6.92 Å². The summed E-state index contributed by atoms with van der Waals surface area (Å²) in [6.07, 6.45) is 3.16. The third kappa shape index (κ3) is 3.28. The molecule has 0 spiro atoms. The van der Waals surface area contributed by atoms with Gasteiger partial charge in [0.15, 0.2) is 5.03 Å². The molecule has 2 rings (SSSR count). The molecule has 19 heavy (non-hydrogen) atoms. The fraction of sp³-hybridized carbons (Fsp3) is 0.273. The molecular formula is C11H14N4O2S2. The average Bonchev–Trinajstić information content (AvgIpc) is 2.82. The fourth-order valence-electron chi connectivity index (χ4n) is 1.50. The van der Waals surface area contributed by atoms with Gasteiger partial charge in [-0.3, -0.25) is 0 Å². The first kappa shape index (κ1) is 13.9. The second-order valence-corrected chi connectivity index (χ2v) is 6.80. The zero-order chi connectivity index (χ0) is 13.9. The molecule has 0 atom stereocenters. The van der Waals surface area contributed by atoms with Crippen LogP contribution in [0.2, 0.25) is 0 Å². The minimum atomic E-state index is -3.65. The molecule has 0 aliphatic heterocycles. The molecule has 0 bridgehead atoms. The minimum absolute atomic E-state index is 0.00854. The van der Waals surface area contributed by atoms with Gasteiger partial charge in [0.25, 0.3) is 10.0 Å². The number of pyridine rings is 1. The predicted molar refractivity (Wildman–Crippen MR) is 74.7 cm³/mol. The average molecular weight is 298 g/mol. The normalized spacial score (nSPS) is 11.5. The van der Waals surface area contributed by atoms with Gasteiger partial charge in [-0.1, -0.05) is 0 Å². The molecule has 6 nitrogen and oxygen atoms in total. The molecule has 0 aliphatic rings. The van der Waals surface area contributed by atoms with E-state index in [-0.39, 0.29) is 11.6 Å². The lowest BCUT2D eigenvalue weighted by Gasteiger charge is -2.08. The Bertz CT molecular complexity index is 667. The van der Waals surface area contributed by atoms with Gasteiger partial charge in [-0.05, 0) is 19.1 Å². The number of aryl methyl sites for hydroxylation is 1. The zero-order valence-electron chi connectivity index (χ0n) is 10.5. The molecule has 0 fully saturated rings. The molecule has 0 saturated heterocycles. The van der Waals surface area contributed by atoms with Crippen LogP contribution in [0.3, 0.4) is 0 Å². The molecule has 2 aromatic rings. The number of sulfonamides is 1. The van der Waals surface area contributed by atoms with E-state index in [2.05, 4.69) is 20.0 Å². The van der Waals surface area contributed by atoms with Gasteiger partial charge >= 0.3 is 0 Å². The van der Waals surface area contributed by atoms with Crippen LogP contribution >= 0.6 is 11.3 Å².